The molecule has 0 aliphatic rings. The van der Waals surface area contributed by atoms with E-state index in [1.807, 2.05) is 0 Å². The summed E-state index contributed by atoms with van der Waals surface area (Å²) in [5, 5.41) is 18.0. The highest BCUT2D eigenvalue weighted by atomic mass is 19.1. The van der Waals surface area contributed by atoms with Crippen molar-refractivity contribution in [3.63, 3.8) is 0 Å². The van der Waals surface area contributed by atoms with Crippen molar-refractivity contribution >= 4 is 5.97 Å². The smallest absolute Gasteiger partial charge is 0.335 e. The molecule has 5 nitrogen and oxygen atoms in total. The highest BCUT2D eigenvalue weighted by Gasteiger charge is 2.09. The average molecular weight is 244 g/mol. The van der Waals surface area contributed by atoms with Gasteiger partial charge in [0, 0.05) is 13.2 Å². The molecular formula is C11H13FO5. The van der Waals surface area contributed by atoms with Crippen molar-refractivity contribution in [1.29, 1.82) is 0 Å². The molecule has 1 atom stereocenters. The van der Waals surface area contributed by atoms with Crippen LogP contribution in [0.4, 0.5) is 4.39 Å². The molecule has 0 aromatic heterocycles. The van der Waals surface area contributed by atoms with Crippen molar-refractivity contribution in [2.75, 3.05) is 20.3 Å². The van der Waals surface area contributed by atoms with Gasteiger partial charge in [-0.05, 0) is 12.1 Å². The van der Waals surface area contributed by atoms with Crippen LogP contribution in [0.2, 0.25) is 0 Å². The Balaban J connectivity index is 2.68. The summed E-state index contributed by atoms with van der Waals surface area (Å²) < 4.78 is 22.8. The number of carboxylic acid groups (broad SMARTS) is 1. The summed E-state index contributed by atoms with van der Waals surface area (Å²) in [5.74, 6) is -1.90. The minimum Gasteiger partial charge on any atom is -0.491 e. The van der Waals surface area contributed by atoms with E-state index in [-0.39, 0.29) is 24.5 Å². The molecule has 0 saturated carbocycles. The summed E-state index contributed by atoms with van der Waals surface area (Å²) in [6, 6.07) is 3.12. The number of benzene rings is 1. The summed E-state index contributed by atoms with van der Waals surface area (Å²) in [6.07, 6.45) is -0.850. The maximum absolute atomic E-state index is 13.0. The zero-order valence-electron chi connectivity index (χ0n) is 9.22. The van der Waals surface area contributed by atoms with Crippen molar-refractivity contribution in [2.45, 2.75) is 6.10 Å². The zero-order chi connectivity index (χ0) is 12.8. The van der Waals surface area contributed by atoms with Gasteiger partial charge in [0.1, 0.15) is 24.3 Å². The minimum absolute atomic E-state index is 0.0533. The van der Waals surface area contributed by atoms with Crippen LogP contribution < -0.4 is 4.74 Å². The fourth-order valence-electron chi connectivity index (χ4n) is 1.20. The third-order valence-electron chi connectivity index (χ3n) is 1.92. The van der Waals surface area contributed by atoms with Crippen LogP contribution in [0.1, 0.15) is 10.4 Å². The van der Waals surface area contributed by atoms with Gasteiger partial charge in [0.05, 0.1) is 12.2 Å². The van der Waals surface area contributed by atoms with Gasteiger partial charge in [-0.3, -0.25) is 0 Å². The molecule has 0 spiro atoms. The number of carbonyl (C=O) groups is 1. The van der Waals surface area contributed by atoms with Gasteiger partial charge in [0.25, 0.3) is 0 Å². The topological polar surface area (TPSA) is 76.0 Å². The quantitative estimate of drug-likeness (QED) is 0.777. The Hall–Kier alpha value is -1.66. The second-order valence-electron chi connectivity index (χ2n) is 3.40. The molecule has 94 valence electrons. The van der Waals surface area contributed by atoms with Crippen molar-refractivity contribution in [3.8, 4) is 5.75 Å². The Morgan fingerprint density at radius 2 is 2.12 bits per heavy atom. The Labute approximate surface area is 97.4 Å². The van der Waals surface area contributed by atoms with Gasteiger partial charge in [0.2, 0.25) is 0 Å². The maximum atomic E-state index is 13.0. The number of rotatable bonds is 6. The van der Waals surface area contributed by atoms with Gasteiger partial charge in [-0.25, -0.2) is 9.18 Å². The van der Waals surface area contributed by atoms with Crippen molar-refractivity contribution in [3.05, 3.63) is 29.6 Å². The fraction of sp³-hybridized carbons (Fsp3) is 0.364. The SMILES string of the molecule is COCC(O)COc1cc(F)cc(C(=O)O)c1. The summed E-state index contributed by atoms with van der Waals surface area (Å²) in [4.78, 5) is 10.7. The van der Waals surface area contributed by atoms with Gasteiger partial charge in [-0.15, -0.1) is 0 Å². The van der Waals surface area contributed by atoms with E-state index in [0.29, 0.717) is 0 Å². The molecule has 17 heavy (non-hydrogen) atoms. The predicted octanol–water partition coefficient (Wildman–Crippen LogP) is 0.910. The standard InChI is InChI=1S/C11H13FO5/c1-16-5-9(13)6-17-10-3-7(11(14)15)2-8(12)4-10/h2-4,9,13H,5-6H2,1H3,(H,14,15). The molecule has 0 fully saturated rings. The number of hydrogen-bond acceptors (Lipinski definition) is 4. The van der Waals surface area contributed by atoms with Gasteiger partial charge >= 0.3 is 5.97 Å². The van der Waals surface area contributed by atoms with E-state index >= 15 is 0 Å². The molecule has 1 unspecified atom stereocenters. The Kier molecular flexibility index (Phi) is 4.86. The number of hydrogen-bond donors (Lipinski definition) is 2. The van der Waals surface area contributed by atoms with E-state index in [0.717, 1.165) is 12.1 Å². The van der Waals surface area contributed by atoms with Crippen LogP contribution in [0.3, 0.4) is 0 Å². The van der Waals surface area contributed by atoms with Crippen LogP contribution in [-0.4, -0.2) is 42.6 Å². The molecule has 0 saturated heterocycles. The largest absolute Gasteiger partial charge is 0.491 e. The molecule has 0 heterocycles. The van der Waals surface area contributed by atoms with E-state index in [2.05, 4.69) is 4.74 Å². The zero-order valence-corrected chi connectivity index (χ0v) is 9.22. The molecule has 0 aliphatic carbocycles. The molecule has 1 rings (SSSR count). The first-order chi connectivity index (χ1) is 8.02. The molecule has 1 aromatic rings. The van der Waals surface area contributed by atoms with Gasteiger partial charge in [0.15, 0.2) is 0 Å². The van der Waals surface area contributed by atoms with Gasteiger partial charge in [-0.1, -0.05) is 0 Å². The summed E-state index contributed by atoms with van der Waals surface area (Å²) in [5.41, 5.74) is -0.207. The number of methoxy groups -OCH3 is 1. The van der Waals surface area contributed by atoms with Gasteiger partial charge < -0.3 is 19.7 Å². The molecule has 0 aliphatic heterocycles. The Morgan fingerprint density at radius 3 is 2.71 bits per heavy atom. The predicted molar refractivity (Wildman–Crippen MR) is 56.7 cm³/mol. The van der Waals surface area contributed by atoms with E-state index in [9.17, 15) is 14.3 Å². The number of aliphatic hydroxyl groups is 1. The van der Waals surface area contributed by atoms with Crippen molar-refractivity contribution < 1.29 is 28.9 Å². The first kappa shape index (κ1) is 13.4. The lowest BCUT2D eigenvalue weighted by atomic mass is 10.2. The molecule has 1 aromatic carbocycles. The highest BCUT2D eigenvalue weighted by molar-refractivity contribution is 5.88. The lowest BCUT2D eigenvalue weighted by Gasteiger charge is -2.11. The second kappa shape index (κ2) is 6.17. The molecule has 0 bridgehead atoms. The lowest BCUT2D eigenvalue weighted by Crippen LogP contribution is -2.22. The van der Waals surface area contributed by atoms with Crippen LogP contribution in [0, 0.1) is 5.82 Å². The van der Waals surface area contributed by atoms with E-state index in [1.165, 1.54) is 13.2 Å². The highest BCUT2D eigenvalue weighted by Crippen LogP contribution is 2.16. The Morgan fingerprint density at radius 1 is 1.41 bits per heavy atom. The fourth-order valence-corrected chi connectivity index (χ4v) is 1.20. The first-order valence-electron chi connectivity index (χ1n) is 4.86. The normalized spacial score (nSPS) is 12.2. The number of ether oxygens (including phenoxy) is 2. The summed E-state index contributed by atoms with van der Waals surface area (Å²) in [6.45, 7) is -0.0164. The summed E-state index contributed by atoms with van der Waals surface area (Å²) >= 11 is 0. The molecule has 2 N–H and O–H groups in total. The van der Waals surface area contributed by atoms with Crippen molar-refractivity contribution in [1.82, 2.24) is 0 Å². The monoisotopic (exact) mass is 244 g/mol. The number of aromatic carboxylic acids is 1. The Bertz CT molecular complexity index is 393. The van der Waals surface area contributed by atoms with E-state index < -0.39 is 17.9 Å². The van der Waals surface area contributed by atoms with Crippen LogP contribution in [0.5, 0.6) is 5.75 Å². The number of aliphatic hydroxyl groups excluding tert-OH is 1. The van der Waals surface area contributed by atoms with Crippen LogP contribution >= 0.6 is 0 Å². The minimum atomic E-state index is -1.24. The third kappa shape index (κ3) is 4.38. The lowest BCUT2D eigenvalue weighted by molar-refractivity contribution is 0.0324. The van der Waals surface area contributed by atoms with Crippen LogP contribution in [0.25, 0.3) is 0 Å². The number of carboxylic acids is 1. The first-order valence-corrected chi connectivity index (χ1v) is 4.86. The third-order valence-corrected chi connectivity index (χ3v) is 1.92. The molecular weight excluding hydrogens is 231 g/mol. The van der Waals surface area contributed by atoms with Crippen molar-refractivity contribution in [2.24, 2.45) is 0 Å². The number of halogens is 1. The van der Waals surface area contributed by atoms with Crippen LogP contribution in [0.15, 0.2) is 18.2 Å². The molecule has 0 radical (unpaired) electrons. The van der Waals surface area contributed by atoms with Crippen LogP contribution in [-0.2, 0) is 4.74 Å². The molecule has 6 heteroatoms. The van der Waals surface area contributed by atoms with Gasteiger partial charge in [-0.2, -0.15) is 0 Å². The summed E-state index contributed by atoms with van der Waals surface area (Å²) in [7, 11) is 1.42. The van der Waals surface area contributed by atoms with E-state index in [1.54, 1.807) is 0 Å². The molecule has 0 amide bonds. The second-order valence-corrected chi connectivity index (χ2v) is 3.40. The maximum Gasteiger partial charge on any atom is 0.335 e. The van der Waals surface area contributed by atoms with E-state index in [4.69, 9.17) is 9.84 Å². The average Bonchev–Trinajstić information content (AvgIpc) is 2.26.